The van der Waals surface area contributed by atoms with E-state index in [0.717, 1.165) is 25.0 Å². The quantitative estimate of drug-likeness (QED) is 0.535. The molecule has 1 saturated heterocycles. The molecule has 0 amide bonds. The lowest BCUT2D eigenvalue weighted by Crippen LogP contribution is -2.40. The molecule has 3 N–H and O–H groups in total. The Morgan fingerprint density at radius 3 is 2.67 bits per heavy atom. The topological polar surface area (TPSA) is 56.4 Å². The van der Waals surface area contributed by atoms with Gasteiger partial charge >= 0.3 is 0 Å². The van der Waals surface area contributed by atoms with Gasteiger partial charge in [0.25, 0.3) is 0 Å². The van der Waals surface area contributed by atoms with Gasteiger partial charge in [0.15, 0.2) is 0 Å². The van der Waals surface area contributed by atoms with Gasteiger partial charge in [0, 0.05) is 25.0 Å². The largest absolute Gasteiger partial charge is 0.388 e. The third-order valence-corrected chi connectivity index (χ3v) is 4.40. The van der Waals surface area contributed by atoms with E-state index in [-0.39, 0.29) is 0 Å². The lowest BCUT2D eigenvalue weighted by atomic mass is 10.00. The van der Waals surface area contributed by atoms with Crippen molar-refractivity contribution in [1.29, 1.82) is 5.41 Å². The second kappa shape index (κ2) is 6.53. The second-order valence-electron chi connectivity index (χ2n) is 5.96. The minimum Gasteiger partial charge on any atom is -0.388 e. The number of hydrogen-bond acceptors (Lipinski definition) is 3. The summed E-state index contributed by atoms with van der Waals surface area (Å²) < 4.78 is 0. The van der Waals surface area contributed by atoms with Gasteiger partial charge < -0.3 is 10.6 Å². The van der Waals surface area contributed by atoms with Crippen molar-refractivity contribution >= 4 is 5.84 Å². The fourth-order valence-electron chi connectivity index (χ4n) is 3.00. The normalized spacial score (nSPS) is 25.6. The Hall–Kier alpha value is -0.610. The molecule has 4 heteroatoms. The molecule has 2 rings (SSSR count). The maximum Gasteiger partial charge on any atom is 0.0918 e. The van der Waals surface area contributed by atoms with Gasteiger partial charge in [0.2, 0.25) is 0 Å². The van der Waals surface area contributed by atoms with Crippen molar-refractivity contribution in [2.75, 3.05) is 26.7 Å². The first-order valence-electron chi connectivity index (χ1n) is 7.44. The summed E-state index contributed by atoms with van der Waals surface area (Å²) >= 11 is 0. The molecule has 1 aliphatic heterocycles. The Morgan fingerprint density at radius 1 is 1.28 bits per heavy atom. The van der Waals surface area contributed by atoms with Crippen molar-refractivity contribution in [1.82, 2.24) is 9.80 Å². The summed E-state index contributed by atoms with van der Waals surface area (Å²) in [6.45, 7) is 3.44. The zero-order chi connectivity index (χ0) is 13.0. The van der Waals surface area contributed by atoms with Gasteiger partial charge in [-0.15, -0.1) is 0 Å². The van der Waals surface area contributed by atoms with E-state index in [1.165, 1.54) is 51.6 Å². The molecule has 1 atom stereocenters. The van der Waals surface area contributed by atoms with Crippen LogP contribution in [0, 0.1) is 5.41 Å². The fourth-order valence-corrected chi connectivity index (χ4v) is 3.00. The molecule has 0 radical (unpaired) electrons. The minimum absolute atomic E-state index is 0.329. The first-order chi connectivity index (χ1) is 8.66. The summed E-state index contributed by atoms with van der Waals surface area (Å²) in [6.07, 6.45) is 8.83. The molecular formula is C14H28N4. The summed E-state index contributed by atoms with van der Waals surface area (Å²) in [5.74, 6) is 0.329. The van der Waals surface area contributed by atoms with Gasteiger partial charge in [-0.2, -0.15) is 0 Å². The van der Waals surface area contributed by atoms with E-state index >= 15 is 0 Å². The average Bonchev–Trinajstić information content (AvgIpc) is 3.15. The Balaban J connectivity index is 1.72. The Labute approximate surface area is 111 Å². The van der Waals surface area contributed by atoms with Gasteiger partial charge in [-0.25, -0.2) is 0 Å². The van der Waals surface area contributed by atoms with Crippen LogP contribution in [0.15, 0.2) is 0 Å². The van der Waals surface area contributed by atoms with E-state index in [2.05, 4.69) is 16.8 Å². The Kier molecular flexibility index (Phi) is 5.01. The Bertz CT molecular complexity index is 275. The van der Waals surface area contributed by atoms with Crippen molar-refractivity contribution in [3.63, 3.8) is 0 Å². The average molecular weight is 252 g/mol. The van der Waals surface area contributed by atoms with Crippen molar-refractivity contribution in [2.24, 2.45) is 5.73 Å². The molecule has 1 heterocycles. The molecule has 1 unspecified atom stereocenters. The standard InChI is InChI=1S/C14H28N4/c1-17-9-3-2-4-12(17)7-10-18(13-5-6-13)11-8-14(15)16/h12-13H,2-11H2,1H3,(H3,15,16). The third kappa shape index (κ3) is 4.25. The minimum atomic E-state index is 0.329. The molecule has 1 aliphatic carbocycles. The smallest absolute Gasteiger partial charge is 0.0918 e. The molecule has 1 saturated carbocycles. The molecule has 0 aromatic carbocycles. The number of rotatable bonds is 7. The van der Waals surface area contributed by atoms with Crippen LogP contribution in [-0.2, 0) is 0 Å². The third-order valence-electron chi connectivity index (χ3n) is 4.40. The van der Waals surface area contributed by atoms with Crippen LogP contribution in [-0.4, -0.2) is 54.4 Å². The van der Waals surface area contributed by atoms with E-state index in [4.69, 9.17) is 11.1 Å². The van der Waals surface area contributed by atoms with Crippen LogP contribution in [0.4, 0.5) is 0 Å². The van der Waals surface area contributed by atoms with Crippen molar-refractivity contribution in [3.8, 4) is 0 Å². The van der Waals surface area contributed by atoms with Crippen molar-refractivity contribution in [3.05, 3.63) is 0 Å². The zero-order valence-corrected chi connectivity index (χ0v) is 11.7. The predicted molar refractivity (Wildman–Crippen MR) is 76.0 cm³/mol. The first-order valence-corrected chi connectivity index (χ1v) is 7.44. The van der Waals surface area contributed by atoms with Gasteiger partial charge in [-0.1, -0.05) is 6.42 Å². The molecule has 0 bridgehead atoms. The van der Waals surface area contributed by atoms with Crippen LogP contribution in [0.5, 0.6) is 0 Å². The highest BCUT2D eigenvalue weighted by atomic mass is 15.2. The maximum atomic E-state index is 7.35. The first kappa shape index (κ1) is 13.8. The second-order valence-corrected chi connectivity index (χ2v) is 5.96. The summed E-state index contributed by atoms with van der Waals surface area (Å²) in [5, 5.41) is 7.35. The summed E-state index contributed by atoms with van der Waals surface area (Å²) in [5.41, 5.74) is 5.47. The van der Waals surface area contributed by atoms with E-state index in [1.54, 1.807) is 0 Å². The SMILES string of the molecule is CN1CCCCC1CCN(CCC(=N)N)C1CC1. The Morgan fingerprint density at radius 2 is 2.06 bits per heavy atom. The van der Waals surface area contributed by atoms with E-state index in [9.17, 15) is 0 Å². The maximum absolute atomic E-state index is 7.35. The number of amidine groups is 1. The van der Waals surface area contributed by atoms with Crippen LogP contribution < -0.4 is 5.73 Å². The van der Waals surface area contributed by atoms with Crippen LogP contribution in [0.3, 0.4) is 0 Å². The molecule has 104 valence electrons. The number of hydrogen-bond donors (Lipinski definition) is 2. The number of nitrogens with two attached hydrogens (primary N) is 1. The number of nitrogens with one attached hydrogen (secondary N) is 1. The fraction of sp³-hybridized carbons (Fsp3) is 0.929. The van der Waals surface area contributed by atoms with Crippen LogP contribution in [0.25, 0.3) is 0 Å². The van der Waals surface area contributed by atoms with Gasteiger partial charge in [0.05, 0.1) is 5.84 Å². The molecule has 0 aromatic rings. The molecule has 2 fully saturated rings. The highest BCUT2D eigenvalue weighted by molar-refractivity contribution is 5.76. The lowest BCUT2D eigenvalue weighted by Gasteiger charge is -2.34. The molecular weight excluding hydrogens is 224 g/mol. The zero-order valence-electron chi connectivity index (χ0n) is 11.7. The van der Waals surface area contributed by atoms with Crippen LogP contribution in [0.2, 0.25) is 0 Å². The van der Waals surface area contributed by atoms with Gasteiger partial charge in [-0.05, 0) is 52.2 Å². The van der Waals surface area contributed by atoms with Gasteiger partial charge in [0.1, 0.15) is 0 Å². The van der Waals surface area contributed by atoms with Crippen LogP contribution >= 0.6 is 0 Å². The van der Waals surface area contributed by atoms with E-state index in [1.807, 2.05) is 0 Å². The number of piperidine rings is 1. The van der Waals surface area contributed by atoms with E-state index < -0.39 is 0 Å². The molecule has 2 aliphatic rings. The van der Waals surface area contributed by atoms with Crippen molar-refractivity contribution in [2.45, 2.75) is 57.0 Å². The predicted octanol–water partition coefficient (Wildman–Crippen LogP) is 1.65. The van der Waals surface area contributed by atoms with Crippen LogP contribution in [0.1, 0.15) is 44.9 Å². The lowest BCUT2D eigenvalue weighted by molar-refractivity contribution is 0.152. The summed E-state index contributed by atoms with van der Waals surface area (Å²) in [6, 6.07) is 1.57. The highest BCUT2D eigenvalue weighted by Gasteiger charge is 2.29. The van der Waals surface area contributed by atoms with E-state index in [0.29, 0.717) is 5.84 Å². The monoisotopic (exact) mass is 252 g/mol. The highest BCUT2D eigenvalue weighted by Crippen LogP contribution is 2.28. The number of likely N-dealkylation sites (tertiary alicyclic amines) is 1. The number of nitrogens with zero attached hydrogens (tertiary/aromatic N) is 2. The van der Waals surface area contributed by atoms with Gasteiger partial charge in [-0.3, -0.25) is 10.3 Å². The molecule has 0 spiro atoms. The summed E-state index contributed by atoms with van der Waals surface area (Å²) in [7, 11) is 2.26. The molecule has 4 nitrogen and oxygen atoms in total. The molecule has 18 heavy (non-hydrogen) atoms. The summed E-state index contributed by atoms with van der Waals surface area (Å²) in [4.78, 5) is 5.09. The molecule has 0 aromatic heterocycles. The van der Waals surface area contributed by atoms with Crippen molar-refractivity contribution < 1.29 is 0 Å².